The predicted octanol–water partition coefficient (Wildman–Crippen LogP) is 1.24. The Balaban J connectivity index is -0.000000256. The summed E-state index contributed by atoms with van der Waals surface area (Å²) in [4.78, 5) is 19.8. The molecule has 0 bridgehead atoms. The number of aliphatic carboxylic acids is 2. The Kier molecular flexibility index (Phi) is 25.1. The molecular formula is C12H24O6Zr. The molecule has 6 nitrogen and oxygen atoms in total. The Morgan fingerprint density at radius 3 is 1.16 bits per heavy atom. The molecule has 0 rings (SSSR count). The van der Waals surface area contributed by atoms with Crippen molar-refractivity contribution in [2.75, 3.05) is 13.2 Å². The largest absolute Gasteiger partial charge is 0.481 e. The van der Waals surface area contributed by atoms with Gasteiger partial charge in [-0.1, -0.05) is 12.8 Å². The minimum Gasteiger partial charge on any atom is -0.481 e. The van der Waals surface area contributed by atoms with Gasteiger partial charge < -0.3 is 20.4 Å². The fourth-order valence-electron chi connectivity index (χ4n) is 1.13. The van der Waals surface area contributed by atoms with Crippen molar-refractivity contribution in [2.24, 2.45) is 0 Å². The van der Waals surface area contributed by atoms with Gasteiger partial charge >= 0.3 is 11.9 Å². The van der Waals surface area contributed by atoms with E-state index in [4.69, 9.17) is 20.4 Å². The second-order valence-electron chi connectivity index (χ2n) is 3.86. The molecule has 0 saturated carbocycles. The monoisotopic (exact) mass is 354 g/mol. The maximum Gasteiger partial charge on any atom is 0.303 e. The molecule has 0 aliphatic carbocycles. The first-order valence-corrected chi connectivity index (χ1v) is 6.20. The van der Waals surface area contributed by atoms with Gasteiger partial charge in [-0.25, -0.2) is 0 Å². The smallest absolute Gasteiger partial charge is 0.303 e. The maximum absolute atomic E-state index is 9.90. The molecule has 0 aromatic rings. The fourth-order valence-corrected chi connectivity index (χ4v) is 1.13. The molecule has 0 heterocycles. The molecule has 0 fully saturated rings. The van der Waals surface area contributed by atoms with E-state index < -0.39 is 11.9 Å². The van der Waals surface area contributed by atoms with Crippen molar-refractivity contribution in [2.45, 2.75) is 51.4 Å². The van der Waals surface area contributed by atoms with Crippen LogP contribution < -0.4 is 0 Å². The molecule has 0 aromatic heterocycles. The number of hydrogen-bond donors (Lipinski definition) is 4. The molecule has 0 spiro atoms. The molecular weight excluding hydrogens is 331 g/mol. The normalized spacial score (nSPS) is 8.95. The van der Waals surface area contributed by atoms with Crippen LogP contribution in [0.25, 0.3) is 0 Å². The van der Waals surface area contributed by atoms with Gasteiger partial charge in [-0.15, -0.1) is 0 Å². The summed E-state index contributed by atoms with van der Waals surface area (Å²) in [5, 5.41) is 32.9. The Hall–Kier alpha value is -0.257. The van der Waals surface area contributed by atoms with Crippen molar-refractivity contribution in [3.05, 3.63) is 0 Å². The van der Waals surface area contributed by atoms with Crippen molar-refractivity contribution in [3.8, 4) is 0 Å². The van der Waals surface area contributed by atoms with Gasteiger partial charge in [-0.2, -0.15) is 0 Å². The van der Waals surface area contributed by atoms with E-state index in [2.05, 4.69) is 0 Å². The zero-order valence-corrected chi connectivity index (χ0v) is 13.6. The first-order chi connectivity index (χ1) is 8.54. The van der Waals surface area contributed by atoms with Crippen LogP contribution in [-0.2, 0) is 35.8 Å². The Morgan fingerprint density at radius 2 is 0.947 bits per heavy atom. The van der Waals surface area contributed by atoms with Crippen molar-refractivity contribution in [1.82, 2.24) is 0 Å². The molecule has 0 unspecified atom stereocenters. The van der Waals surface area contributed by atoms with E-state index in [1.165, 1.54) is 0 Å². The summed E-state index contributed by atoms with van der Waals surface area (Å²) < 4.78 is 0. The Morgan fingerprint density at radius 1 is 0.632 bits per heavy atom. The number of hydrogen-bond acceptors (Lipinski definition) is 4. The summed E-state index contributed by atoms with van der Waals surface area (Å²) in [5.41, 5.74) is 0. The van der Waals surface area contributed by atoms with Gasteiger partial charge in [-0.3, -0.25) is 9.59 Å². The van der Waals surface area contributed by atoms with E-state index in [0.717, 1.165) is 12.8 Å². The first kappa shape index (κ1) is 23.8. The molecule has 0 atom stereocenters. The van der Waals surface area contributed by atoms with E-state index in [1.807, 2.05) is 0 Å². The van der Waals surface area contributed by atoms with Gasteiger partial charge in [-0.05, 0) is 25.7 Å². The minimum atomic E-state index is -0.757. The van der Waals surface area contributed by atoms with Crippen LogP contribution in [0, 0.1) is 0 Å². The minimum absolute atomic E-state index is 0. The number of unbranched alkanes of at least 4 members (excludes halogenated alkanes) is 4. The standard InChI is InChI=1S/2C6H12O3.Zr/c2*7-5-3-1-2-4-6(8)9;/h2*7H,1-5H2,(H,8,9);. The van der Waals surface area contributed by atoms with Gasteiger partial charge in [0.25, 0.3) is 0 Å². The average Bonchev–Trinajstić information content (AvgIpc) is 2.31. The van der Waals surface area contributed by atoms with Gasteiger partial charge in [0.05, 0.1) is 0 Å². The van der Waals surface area contributed by atoms with E-state index in [1.54, 1.807) is 0 Å². The third-order valence-electron chi connectivity index (χ3n) is 2.10. The van der Waals surface area contributed by atoms with Crippen LogP contribution in [0.3, 0.4) is 0 Å². The van der Waals surface area contributed by atoms with Crippen LogP contribution in [0.15, 0.2) is 0 Å². The van der Waals surface area contributed by atoms with Crippen LogP contribution >= 0.6 is 0 Å². The van der Waals surface area contributed by atoms with E-state index in [9.17, 15) is 9.59 Å². The summed E-state index contributed by atoms with van der Waals surface area (Å²) in [6.07, 6.45) is 4.85. The molecule has 0 aromatic carbocycles. The van der Waals surface area contributed by atoms with Crippen molar-refractivity contribution in [1.29, 1.82) is 0 Å². The van der Waals surface area contributed by atoms with E-state index in [-0.39, 0.29) is 52.3 Å². The Bertz CT molecular complexity index is 188. The van der Waals surface area contributed by atoms with Gasteiger partial charge in [0.1, 0.15) is 0 Å². The third kappa shape index (κ3) is 31.9. The topological polar surface area (TPSA) is 115 Å². The fraction of sp³-hybridized carbons (Fsp3) is 0.833. The average molecular weight is 356 g/mol. The zero-order chi connectivity index (χ0) is 14.2. The van der Waals surface area contributed by atoms with E-state index >= 15 is 0 Å². The molecule has 0 aliphatic heterocycles. The first-order valence-electron chi connectivity index (χ1n) is 6.20. The second-order valence-corrected chi connectivity index (χ2v) is 3.86. The third-order valence-corrected chi connectivity index (χ3v) is 2.10. The van der Waals surface area contributed by atoms with Crippen molar-refractivity contribution < 1.29 is 56.2 Å². The molecule has 0 amide bonds. The molecule has 112 valence electrons. The van der Waals surface area contributed by atoms with Crippen LogP contribution in [-0.4, -0.2) is 45.6 Å². The molecule has 7 heteroatoms. The molecule has 4 N–H and O–H groups in total. The SMILES string of the molecule is O=C(O)CCCCCO.O=C(O)CCCCCO.[Zr]. The van der Waals surface area contributed by atoms with Crippen molar-refractivity contribution >= 4 is 11.9 Å². The summed E-state index contributed by atoms with van der Waals surface area (Å²) in [7, 11) is 0. The number of rotatable bonds is 10. The van der Waals surface area contributed by atoms with E-state index in [0.29, 0.717) is 25.7 Å². The summed E-state index contributed by atoms with van der Waals surface area (Å²) >= 11 is 0. The van der Waals surface area contributed by atoms with Crippen LogP contribution in [0.5, 0.6) is 0 Å². The zero-order valence-electron chi connectivity index (χ0n) is 11.2. The van der Waals surface area contributed by atoms with Gasteiger partial charge in [0, 0.05) is 52.3 Å². The van der Waals surface area contributed by atoms with Gasteiger partial charge in [0.15, 0.2) is 0 Å². The number of carbonyl (C=O) groups is 2. The second kappa shape index (κ2) is 20.1. The predicted molar refractivity (Wildman–Crippen MR) is 66.4 cm³/mol. The number of carboxylic acid groups (broad SMARTS) is 2. The molecule has 19 heavy (non-hydrogen) atoms. The van der Waals surface area contributed by atoms with Crippen molar-refractivity contribution in [3.63, 3.8) is 0 Å². The Labute approximate surface area is 133 Å². The number of carboxylic acids is 2. The quantitative estimate of drug-likeness (QED) is 0.438. The summed E-state index contributed by atoms with van der Waals surface area (Å²) in [6.45, 7) is 0.333. The maximum atomic E-state index is 9.90. The molecule has 0 radical (unpaired) electrons. The van der Waals surface area contributed by atoms with Crippen LogP contribution in [0.4, 0.5) is 0 Å². The number of aliphatic hydroxyl groups excluding tert-OH is 2. The molecule has 0 saturated heterocycles. The van der Waals surface area contributed by atoms with Crippen LogP contribution in [0.2, 0.25) is 0 Å². The summed E-state index contributed by atoms with van der Waals surface area (Å²) in [6, 6.07) is 0. The number of aliphatic hydroxyl groups is 2. The van der Waals surface area contributed by atoms with Crippen LogP contribution in [0.1, 0.15) is 51.4 Å². The molecule has 0 aliphatic rings. The summed E-state index contributed by atoms with van der Waals surface area (Å²) in [5.74, 6) is -1.51. The van der Waals surface area contributed by atoms with Gasteiger partial charge in [0.2, 0.25) is 0 Å².